The van der Waals surface area contributed by atoms with E-state index < -0.39 is 12.4 Å². The highest BCUT2D eigenvalue weighted by Crippen LogP contribution is 2.18. The first-order valence-electron chi connectivity index (χ1n) is 6.50. The zero-order valence-electron chi connectivity index (χ0n) is 11.6. The molecule has 19 heavy (non-hydrogen) atoms. The maximum Gasteiger partial charge on any atom is 0.511 e. The fourth-order valence-corrected chi connectivity index (χ4v) is 2.05. The van der Waals surface area contributed by atoms with Gasteiger partial charge >= 0.3 is 12.1 Å². The van der Waals surface area contributed by atoms with Crippen LogP contribution in [0.15, 0.2) is 0 Å². The Kier molecular flexibility index (Phi) is 6.58. The lowest BCUT2D eigenvalue weighted by Gasteiger charge is -2.20. The number of likely N-dealkylation sites (N-methyl/N-ethyl adjacent to an activating group) is 1. The Morgan fingerprint density at radius 1 is 1.42 bits per heavy atom. The van der Waals surface area contributed by atoms with E-state index in [2.05, 4.69) is 15.4 Å². The Morgan fingerprint density at radius 3 is 2.79 bits per heavy atom. The average molecular weight is 274 g/mol. The van der Waals surface area contributed by atoms with Crippen molar-refractivity contribution in [3.63, 3.8) is 0 Å². The highest BCUT2D eigenvalue weighted by molar-refractivity contribution is 5.74. The molecule has 0 aliphatic carbocycles. The molecule has 1 saturated heterocycles. The Morgan fingerprint density at radius 2 is 2.16 bits per heavy atom. The third kappa shape index (κ3) is 5.04. The van der Waals surface area contributed by atoms with Crippen LogP contribution in [-0.4, -0.2) is 51.2 Å². The van der Waals surface area contributed by atoms with Crippen LogP contribution in [0.4, 0.5) is 4.79 Å². The van der Waals surface area contributed by atoms with E-state index >= 15 is 0 Å². The van der Waals surface area contributed by atoms with Crippen LogP contribution in [0.5, 0.6) is 0 Å². The summed E-state index contributed by atoms with van der Waals surface area (Å²) in [5.74, 6) is -0.581. The van der Waals surface area contributed by atoms with E-state index in [0.29, 0.717) is 6.54 Å². The largest absolute Gasteiger partial charge is 0.511 e. The molecule has 1 unspecified atom stereocenters. The van der Waals surface area contributed by atoms with Gasteiger partial charge in [-0.15, -0.1) is 0 Å². The molecule has 7 heteroatoms. The van der Waals surface area contributed by atoms with E-state index in [0.717, 1.165) is 13.0 Å². The van der Waals surface area contributed by atoms with E-state index in [4.69, 9.17) is 9.47 Å². The molecule has 0 aromatic heterocycles. The smallest absolute Gasteiger partial charge is 0.435 e. The zero-order valence-corrected chi connectivity index (χ0v) is 11.6. The van der Waals surface area contributed by atoms with Gasteiger partial charge < -0.3 is 24.8 Å². The van der Waals surface area contributed by atoms with Crippen molar-refractivity contribution < 1.29 is 23.8 Å². The maximum absolute atomic E-state index is 12.0. The van der Waals surface area contributed by atoms with Gasteiger partial charge in [0.05, 0.1) is 12.5 Å². The molecule has 0 amide bonds. The van der Waals surface area contributed by atoms with Crippen molar-refractivity contribution in [2.24, 2.45) is 5.92 Å². The van der Waals surface area contributed by atoms with Gasteiger partial charge in [-0.25, -0.2) is 4.79 Å². The van der Waals surface area contributed by atoms with Crippen molar-refractivity contribution in [3.05, 3.63) is 0 Å². The number of ether oxygens (including phenoxy) is 3. The van der Waals surface area contributed by atoms with Gasteiger partial charge in [0.25, 0.3) is 0 Å². The zero-order chi connectivity index (χ0) is 14.3. The van der Waals surface area contributed by atoms with E-state index in [-0.39, 0.29) is 24.5 Å². The Bertz CT molecular complexity index is 310. The van der Waals surface area contributed by atoms with Crippen molar-refractivity contribution in [2.75, 3.05) is 26.7 Å². The maximum atomic E-state index is 12.0. The van der Waals surface area contributed by atoms with Crippen molar-refractivity contribution in [1.82, 2.24) is 10.6 Å². The lowest BCUT2D eigenvalue weighted by atomic mass is 10.0. The van der Waals surface area contributed by atoms with E-state index in [9.17, 15) is 9.59 Å². The molecule has 1 aliphatic heterocycles. The normalized spacial score (nSPS) is 23.7. The summed E-state index contributed by atoms with van der Waals surface area (Å²) in [5.41, 5.74) is 0. The van der Waals surface area contributed by atoms with Gasteiger partial charge in [-0.3, -0.25) is 4.79 Å². The van der Waals surface area contributed by atoms with E-state index in [1.807, 2.05) is 7.05 Å². The van der Waals surface area contributed by atoms with Crippen LogP contribution in [0, 0.1) is 5.92 Å². The first-order chi connectivity index (χ1) is 9.08. The van der Waals surface area contributed by atoms with Crippen LogP contribution in [0.1, 0.15) is 20.3 Å². The highest BCUT2D eigenvalue weighted by Gasteiger charge is 2.34. The number of esters is 1. The Balaban J connectivity index is 2.38. The van der Waals surface area contributed by atoms with E-state index in [1.54, 1.807) is 6.92 Å². The van der Waals surface area contributed by atoms with Crippen LogP contribution in [-0.2, 0) is 19.0 Å². The Hall–Kier alpha value is -1.34. The standard InChI is InChI=1S/C12H22N2O5/c1-4-17-12(16)19-8(2)18-11(15)9-5-6-14-10(9)7-13-3/h8-10,13-14H,4-7H2,1-3H3/t8?,9-,10-/m0/s1. The summed E-state index contributed by atoms with van der Waals surface area (Å²) >= 11 is 0. The lowest BCUT2D eigenvalue weighted by Crippen LogP contribution is -2.40. The fraction of sp³-hybridized carbons (Fsp3) is 0.833. The molecule has 0 aromatic rings. The minimum Gasteiger partial charge on any atom is -0.435 e. The van der Waals surface area contributed by atoms with Gasteiger partial charge in [0.2, 0.25) is 6.29 Å². The highest BCUT2D eigenvalue weighted by atomic mass is 16.8. The second-order valence-electron chi connectivity index (χ2n) is 4.32. The predicted molar refractivity (Wildman–Crippen MR) is 67.5 cm³/mol. The summed E-state index contributed by atoms with van der Waals surface area (Å²) in [6.45, 7) is 4.84. The fourth-order valence-electron chi connectivity index (χ4n) is 2.05. The minimum atomic E-state index is -0.942. The van der Waals surface area contributed by atoms with Gasteiger partial charge in [0, 0.05) is 19.5 Å². The predicted octanol–water partition coefficient (Wildman–Crippen LogP) is 0.246. The molecule has 0 bridgehead atoms. The second-order valence-corrected chi connectivity index (χ2v) is 4.32. The summed E-state index contributed by atoms with van der Waals surface area (Å²) in [6.07, 6.45) is -1.06. The second kappa shape index (κ2) is 7.96. The van der Waals surface area contributed by atoms with Crippen LogP contribution in [0.2, 0.25) is 0 Å². The van der Waals surface area contributed by atoms with Crippen molar-refractivity contribution in [2.45, 2.75) is 32.6 Å². The first-order valence-corrected chi connectivity index (χ1v) is 6.50. The third-order valence-electron chi connectivity index (χ3n) is 2.88. The van der Waals surface area contributed by atoms with Gasteiger partial charge in [0.15, 0.2) is 0 Å². The molecule has 0 radical (unpaired) electrons. The molecule has 1 rings (SSSR count). The summed E-state index contributed by atoms with van der Waals surface area (Å²) < 4.78 is 14.5. The first kappa shape index (κ1) is 15.7. The van der Waals surface area contributed by atoms with Crippen molar-refractivity contribution in [1.29, 1.82) is 0 Å². The molecule has 2 N–H and O–H groups in total. The SMILES string of the molecule is CCOC(=O)OC(C)OC(=O)[C@H]1CCN[C@H]1CNC. The van der Waals surface area contributed by atoms with Crippen LogP contribution in [0.25, 0.3) is 0 Å². The molecule has 110 valence electrons. The molecular weight excluding hydrogens is 252 g/mol. The number of hydrogen-bond acceptors (Lipinski definition) is 7. The summed E-state index contributed by atoms with van der Waals surface area (Å²) in [6, 6.07) is 0.0484. The summed E-state index contributed by atoms with van der Waals surface area (Å²) in [4.78, 5) is 23.0. The molecule has 0 aromatic carbocycles. The molecule has 7 nitrogen and oxygen atoms in total. The number of rotatable bonds is 6. The molecule has 1 fully saturated rings. The van der Waals surface area contributed by atoms with Crippen molar-refractivity contribution in [3.8, 4) is 0 Å². The number of carbonyl (C=O) groups is 2. The monoisotopic (exact) mass is 274 g/mol. The quantitative estimate of drug-likeness (QED) is 0.530. The topological polar surface area (TPSA) is 85.9 Å². The van der Waals surface area contributed by atoms with Gasteiger partial charge in [-0.1, -0.05) is 0 Å². The molecule has 1 aliphatic rings. The molecule has 3 atom stereocenters. The van der Waals surface area contributed by atoms with Gasteiger partial charge in [-0.2, -0.15) is 0 Å². The van der Waals surface area contributed by atoms with E-state index in [1.165, 1.54) is 6.92 Å². The van der Waals surface area contributed by atoms with Crippen LogP contribution in [0.3, 0.4) is 0 Å². The number of hydrogen-bond donors (Lipinski definition) is 2. The Labute approximate surface area is 113 Å². The van der Waals surface area contributed by atoms with Gasteiger partial charge in [-0.05, 0) is 26.9 Å². The number of carbonyl (C=O) groups excluding carboxylic acids is 2. The minimum absolute atomic E-state index is 0.0484. The van der Waals surface area contributed by atoms with Crippen molar-refractivity contribution >= 4 is 12.1 Å². The molecule has 0 saturated carbocycles. The average Bonchev–Trinajstić information content (AvgIpc) is 2.77. The summed E-state index contributed by atoms with van der Waals surface area (Å²) in [5, 5.41) is 6.25. The van der Waals surface area contributed by atoms with Crippen LogP contribution < -0.4 is 10.6 Å². The molecule has 0 spiro atoms. The summed E-state index contributed by atoms with van der Waals surface area (Å²) in [7, 11) is 1.83. The molecular formula is C12H22N2O5. The molecule has 1 heterocycles. The third-order valence-corrected chi connectivity index (χ3v) is 2.88. The number of nitrogens with one attached hydrogen (secondary N) is 2. The van der Waals surface area contributed by atoms with Crippen LogP contribution >= 0.6 is 0 Å². The van der Waals surface area contributed by atoms with Gasteiger partial charge in [0.1, 0.15) is 0 Å². The lowest BCUT2D eigenvalue weighted by molar-refractivity contribution is -0.173.